The zero-order valence-corrected chi connectivity index (χ0v) is 12.9. The molecule has 0 aromatic carbocycles. The largest absolute Gasteiger partial charge is 0.366 e. The highest BCUT2D eigenvalue weighted by atomic mass is 32.2. The molecule has 1 aromatic heterocycles. The summed E-state index contributed by atoms with van der Waals surface area (Å²) in [5, 5.41) is 8.39. The Balaban J connectivity index is 3.12. The Labute approximate surface area is 121 Å². The first kappa shape index (κ1) is 16.8. The number of carbonyl (C=O) groups excluding carboxylic acids is 2. The Kier molecular flexibility index (Phi) is 5.40. The van der Waals surface area contributed by atoms with Gasteiger partial charge in [0.1, 0.15) is 9.92 Å². The molecule has 112 valence electrons. The molecule has 0 spiro atoms. The van der Waals surface area contributed by atoms with Gasteiger partial charge in [-0.2, -0.15) is 11.3 Å². The minimum Gasteiger partial charge on any atom is -0.366 e. The summed E-state index contributed by atoms with van der Waals surface area (Å²) in [4.78, 5) is 23.0. The van der Waals surface area contributed by atoms with E-state index in [1.54, 1.807) is 0 Å². The highest BCUT2D eigenvalue weighted by Crippen LogP contribution is 2.20. The van der Waals surface area contributed by atoms with Crippen molar-refractivity contribution in [3.8, 4) is 0 Å². The molecule has 9 heteroatoms. The molecule has 2 atom stereocenters. The molecule has 1 rings (SSSR count). The van der Waals surface area contributed by atoms with Crippen LogP contribution in [0.1, 0.15) is 30.6 Å². The smallest absolute Gasteiger partial charge is 0.271 e. The molecule has 1 aromatic rings. The van der Waals surface area contributed by atoms with Crippen LogP contribution in [-0.4, -0.2) is 22.1 Å². The second-order valence-corrected chi connectivity index (χ2v) is 7.25. The summed E-state index contributed by atoms with van der Waals surface area (Å²) >= 11 is 1.10. The molecule has 1 heterocycles. The van der Waals surface area contributed by atoms with Gasteiger partial charge in [0.15, 0.2) is 0 Å². The van der Waals surface area contributed by atoms with Crippen molar-refractivity contribution in [2.75, 3.05) is 0 Å². The lowest BCUT2D eigenvalue weighted by Crippen LogP contribution is -2.32. The van der Waals surface area contributed by atoms with Gasteiger partial charge in [0, 0.05) is 10.8 Å². The molecule has 0 fully saturated rings. The molecule has 0 aliphatic heterocycles. The average Bonchev–Trinajstić information content (AvgIpc) is 2.76. The standard InChI is InChI=1S/C11H18N4O3S2/c1-6(2)3-8(12)11(17)15-20(14,18)9-5-19-4-7(9)10(13)16/h4-6,8H,3,12H2,1-2H3,(H2,13,16)(H2,14,15,17,18)/t8-,20?/m0/s1. The van der Waals surface area contributed by atoms with Crippen molar-refractivity contribution in [1.29, 1.82) is 0 Å². The molecule has 0 bridgehead atoms. The normalized spacial score (nSPS) is 15.7. The van der Waals surface area contributed by atoms with Crippen LogP contribution in [0.5, 0.6) is 0 Å². The Morgan fingerprint density at radius 3 is 2.50 bits per heavy atom. The molecule has 20 heavy (non-hydrogen) atoms. The van der Waals surface area contributed by atoms with E-state index in [1.807, 2.05) is 13.8 Å². The Hall–Kier alpha value is -1.29. The van der Waals surface area contributed by atoms with Crippen molar-refractivity contribution in [3.63, 3.8) is 0 Å². The molecule has 0 aliphatic carbocycles. The summed E-state index contributed by atoms with van der Waals surface area (Å²) in [6, 6.07) is -0.866. The number of thiophene rings is 1. The summed E-state index contributed by atoms with van der Waals surface area (Å²) in [6.45, 7) is 3.80. The average molecular weight is 318 g/mol. The Morgan fingerprint density at radius 1 is 1.40 bits per heavy atom. The molecule has 0 aliphatic rings. The van der Waals surface area contributed by atoms with E-state index in [0.717, 1.165) is 11.3 Å². The number of rotatable bonds is 5. The number of nitrogens with two attached hydrogens (primary N) is 3. The maximum atomic E-state index is 12.3. The third-order valence-electron chi connectivity index (χ3n) is 2.48. The lowest BCUT2D eigenvalue weighted by molar-refractivity contribution is -0.119. The SMILES string of the molecule is CC(C)C[C@H](N)C(=O)N=S(N)(=O)c1cscc1C(N)=O. The van der Waals surface area contributed by atoms with Gasteiger partial charge in [-0.3, -0.25) is 9.59 Å². The van der Waals surface area contributed by atoms with E-state index in [0.29, 0.717) is 6.42 Å². The van der Waals surface area contributed by atoms with Gasteiger partial charge in [-0.15, -0.1) is 4.36 Å². The van der Waals surface area contributed by atoms with Crippen molar-refractivity contribution >= 4 is 33.1 Å². The molecule has 0 radical (unpaired) electrons. The van der Waals surface area contributed by atoms with Crippen molar-refractivity contribution < 1.29 is 13.8 Å². The molecule has 1 unspecified atom stereocenters. The minimum absolute atomic E-state index is 0.0106. The Bertz CT molecular complexity index is 629. The van der Waals surface area contributed by atoms with Gasteiger partial charge < -0.3 is 11.5 Å². The fourth-order valence-electron chi connectivity index (χ4n) is 1.55. The van der Waals surface area contributed by atoms with Gasteiger partial charge in [0.2, 0.25) is 0 Å². The number of hydrogen-bond donors (Lipinski definition) is 3. The van der Waals surface area contributed by atoms with Crippen LogP contribution in [0.25, 0.3) is 0 Å². The minimum atomic E-state index is -3.52. The number of carbonyl (C=O) groups is 2. The van der Waals surface area contributed by atoms with Gasteiger partial charge in [-0.05, 0) is 12.3 Å². The van der Waals surface area contributed by atoms with Crippen LogP contribution in [0, 0.1) is 5.92 Å². The van der Waals surface area contributed by atoms with Gasteiger partial charge in [-0.1, -0.05) is 13.8 Å². The van der Waals surface area contributed by atoms with Gasteiger partial charge >= 0.3 is 0 Å². The highest BCUT2D eigenvalue weighted by molar-refractivity contribution is 7.92. The van der Waals surface area contributed by atoms with E-state index in [2.05, 4.69) is 4.36 Å². The highest BCUT2D eigenvalue weighted by Gasteiger charge is 2.21. The van der Waals surface area contributed by atoms with E-state index < -0.39 is 27.8 Å². The van der Waals surface area contributed by atoms with Crippen LogP contribution < -0.4 is 16.6 Å². The van der Waals surface area contributed by atoms with E-state index in [1.165, 1.54) is 10.8 Å². The predicted molar refractivity (Wildman–Crippen MR) is 78.3 cm³/mol. The van der Waals surface area contributed by atoms with Crippen LogP contribution in [0.3, 0.4) is 0 Å². The molecular formula is C11H18N4O3S2. The quantitative estimate of drug-likeness (QED) is 0.724. The van der Waals surface area contributed by atoms with Crippen LogP contribution >= 0.6 is 11.3 Å². The summed E-state index contributed by atoms with van der Waals surface area (Å²) in [6.07, 6.45) is 0.407. The van der Waals surface area contributed by atoms with Crippen LogP contribution in [-0.2, 0) is 14.7 Å². The molecular weight excluding hydrogens is 300 g/mol. The van der Waals surface area contributed by atoms with Gasteiger partial charge in [0.25, 0.3) is 11.8 Å². The molecule has 2 amide bonds. The monoisotopic (exact) mass is 318 g/mol. The first-order valence-corrected chi connectivity index (χ1v) is 8.37. The summed E-state index contributed by atoms with van der Waals surface area (Å²) in [5.41, 5.74) is 10.8. The van der Waals surface area contributed by atoms with Crippen LogP contribution in [0.4, 0.5) is 0 Å². The zero-order valence-electron chi connectivity index (χ0n) is 11.2. The van der Waals surface area contributed by atoms with Crippen LogP contribution in [0.2, 0.25) is 0 Å². The van der Waals surface area contributed by atoms with E-state index >= 15 is 0 Å². The Morgan fingerprint density at radius 2 is 2.00 bits per heavy atom. The summed E-state index contributed by atoms with van der Waals surface area (Å²) < 4.78 is 15.8. The number of amides is 2. The molecule has 7 nitrogen and oxygen atoms in total. The fourth-order valence-corrected chi connectivity index (χ4v) is 4.02. The van der Waals surface area contributed by atoms with Crippen LogP contribution in [0.15, 0.2) is 20.0 Å². The number of hydrogen-bond acceptors (Lipinski definition) is 5. The third-order valence-corrected chi connectivity index (χ3v) is 4.79. The zero-order chi connectivity index (χ0) is 15.5. The topological polar surface area (TPSA) is 142 Å². The molecule has 0 saturated carbocycles. The molecule has 6 N–H and O–H groups in total. The van der Waals surface area contributed by atoms with Crippen molar-refractivity contribution in [3.05, 3.63) is 16.3 Å². The summed E-state index contributed by atoms with van der Waals surface area (Å²) in [5.74, 6) is -1.32. The maximum Gasteiger partial charge on any atom is 0.271 e. The number of primary amides is 1. The second-order valence-electron chi connectivity index (χ2n) is 4.75. The van der Waals surface area contributed by atoms with Gasteiger partial charge in [0.05, 0.1) is 16.5 Å². The molecule has 0 saturated heterocycles. The number of nitrogens with zero attached hydrogens (tertiary/aromatic N) is 1. The van der Waals surface area contributed by atoms with Gasteiger partial charge in [-0.25, -0.2) is 9.35 Å². The lowest BCUT2D eigenvalue weighted by atomic mass is 10.0. The van der Waals surface area contributed by atoms with E-state index in [4.69, 9.17) is 16.6 Å². The first-order chi connectivity index (χ1) is 9.15. The van der Waals surface area contributed by atoms with Crippen molar-refractivity contribution in [1.82, 2.24) is 0 Å². The fraction of sp³-hybridized carbons (Fsp3) is 0.455. The second kappa shape index (κ2) is 6.44. The maximum absolute atomic E-state index is 12.3. The van der Waals surface area contributed by atoms with E-state index in [9.17, 15) is 13.8 Å². The van der Waals surface area contributed by atoms with E-state index in [-0.39, 0.29) is 16.4 Å². The third kappa shape index (κ3) is 4.10. The predicted octanol–water partition coefficient (Wildman–Crippen LogP) is 0.448. The van der Waals surface area contributed by atoms with Crippen molar-refractivity contribution in [2.45, 2.75) is 31.2 Å². The first-order valence-electron chi connectivity index (χ1n) is 5.85. The summed E-state index contributed by atoms with van der Waals surface area (Å²) in [7, 11) is -3.52. The lowest BCUT2D eigenvalue weighted by Gasteiger charge is -2.11. The van der Waals surface area contributed by atoms with Crippen molar-refractivity contribution in [2.24, 2.45) is 26.9 Å².